The fraction of sp³-hybridized carbons (Fsp3) is 0.421. The van der Waals surface area contributed by atoms with Crippen LogP contribution >= 0.6 is 0 Å². The molecular weight excluding hydrogens is 373 g/mol. The molecule has 0 bridgehead atoms. The highest BCUT2D eigenvalue weighted by Gasteiger charge is 2.57. The molecule has 1 aromatic heterocycles. The summed E-state index contributed by atoms with van der Waals surface area (Å²) < 4.78 is 40.4. The van der Waals surface area contributed by atoms with Gasteiger partial charge in [-0.2, -0.15) is 23.5 Å². The molecule has 1 N–H and O–H groups in total. The molecular formula is C19H19F3N4O2. The number of carbonyl (C=O) groups is 1. The number of alkyl halides is 3. The highest BCUT2D eigenvalue weighted by atomic mass is 19.4. The van der Waals surface area contributed by atoms with Crippen LogP contribution in [0.25, 0.3) is 5.69 Å². The van der Waals surface area contributed by atoms with Gasteiger partial charge < -0.3 is 10.0 Å². The maximum absolute atomic E-state index is 12.9. The number of halogens is 3. The molecule has 1 atom stereocenters. The summed E-state index contributed by atoms with van der Waals surface area (Å²) in [5, 5.41) is 23.0. The standard InChI is InChI=1S/C19H19F3N4O2/c1-18(28,19(20,21)22)17(27)25-9-6-14(7-10-25)16-5-8-24-26(16)15-4-2-3-13(11-15)12-23/h2-5,8,11,14,28H,6-7,9-10H2,1H3. The summed E-state index contributed by atoms with van der Waals surface area (Å²) in [5.74, 6) is -1.33. The quantitative estimate of drug-likeness (QED) is 0.871. The average Bonchev–Trinajstić information content (AvgIpc) is 3.16. The van der Waals surface area contributed by atoms with Crippen molar-refractivity contribution in [2.45, 2.75) is 37.5 Å². The number of likely N-dealkylation sites (tertiary alicyclic amines) is 1. The van der Waals surface area contributed by atoms with Gasteiger partial charge in [0, 0.05) is 30.9 Å². The van der Waals surface area contributed by atoms with Crippen molar-refractivity contribution in [2.24, 2.45) is 0 Å². The van der Waals surface area contributed by atoms with Gasteiger partial charge in [-0.25, -0.2) is 4.68 Å². The molecule has 1 aromatic carbocycles. The minimum absolute atomic E-state index is 0.00636. The van der Waals surface area contributed by atoms with Gasteiger partial charge in [0.15, 0.2) is 0 Å². The number of amides is 1. The van der Waals surface area contributed by atoms with Gasteiger partial charge >= 0.3 is 6.18 Å². The lowest BCUT2D eigenvalue weighted by atomic mass is 9.92. The molecule has 1 unspecified atom stereocenters. The number of piperidine rings is 1. The molecule has 1 amide bonds. The number of benzene rings is 1. The lowest BCUT2D eigenvalue weighted by molar-refractivity contribution is -0.250. The topological polar surface area (TPSA) is 82.2 Å². The smallest absolute Gasteiger partial charge is 0.373 e. The van der Waals surface area contributed by atoms with E-state index in [0.29, 0.717) is 25.3 Å². The number of hydrogen-bond acceptors (Lipinski definition) is 4. The minimum Gasteiger partial charge on any atom is -0.373 e. The molecule has 1 aliphatic heterocycles. The first-order chi connectivity index (χ1) is 13.1. The van der Waals surface area contributed by atoms with Gasteiger partial charge in [-0.15, -0.1) is 0 Å². The molecule has 2 aromatic rings. The van der Waals surface area contributed by atoms with Crippen LogP contribution in [0.2, 0.25) is 0 Å². The zero-order chi connectivity index (χ0) is 20.5. The van der Waals surface area contributed by atoms with E-state index >= 15 is 0 Å². The van der Waals surface area contributed by atoms with Gasteiger partial charge in [-0.05, 0) is 44.0 Å². The van der Waals surface area contributed by atoms with Crippen molar-refractivity contribution in [1.29, 1.82) is 5.26 Å². The summed E-state index contributed by atoms with van der Waals surface area (Å²) in [7, 11) is 0. The number of nitrogens with zero attached hydrogens (tertiary/aromatic N) is 4. The molecule has 0 saturated carbocycles. The molecule has 0 radical (unpaired) electrons. The van der Waals surface area contributed by atoms with E-state index < -0.39 is 17.7 Å². The Morgan fingerprint density at radius 2 is 1.96 bits per heavy atom. The number of rotatable bonds is 3. The van der Waals surface area contributed by atoms with Crippen LogP contribution in [0.5, 0.6) is 0 Å². The molecule has 0 spiro atoms. The number of aromatic nitrogens is 2. The predicted octanol–water partition coefficient (Wildman–Crippen LogP) is 2.76. The molecule has 3 rings (SSSR count). The van der Waals surface area contributed by atoms with Crippen molar-refractivity contribution in [1.82, 2.24) is 14.7 Å². The molecule has 1 saturated heterocycles. The second kappa shape index (κ2) is 7.28. The van der Waals surface area contributed by atoms with Crippen LogP contribution in [0.1, 0.15) is 36.9 Å². The van der Waals surface area contributed by atoms with Gasteiger partial charge in [-0.1, -0.05) is 6.07 Å². The highest BCUT2D eigenvalue weighted by molar-refractivity contribution is 5.85. The molecule has 148 valence electrons. The summed E-state index contributed by atoms with van der Waals surface area (Å²) in [6, 6.07) is 10.9. The fourth-order valence-corrected chi connectivity index (χ4v) is 3.35. The van der Waals surface area contributed by atoms with Crippen molar-refractivity contribution < 1.29 is 23.1 Å². The molecule has 0 aliphatic carbocycles. The third-order valence-corrected chi connectivity index (χ3v) is 5.06. The number of hydrogen-bond donors (Lipinski definition) is 1. The summed E-state index contributed by atoms with van der Waals surface area (Å²) >= 11 is 0. The van der Waals surface area contributed by atoms with Crippen LogP contribution < -0.4 is 0 Å². The fourth-order valence-electron chi connectivity index (χ4n) is 3.35. The molecule has 1 aliphatic rings. The SMILES string of the molecule is CC(O)(C(=O)N1CCC(c2ccnn2-c2cccc(C#N)c2)CC1)C(F)(F)F. The van der Waals surface area contributed by atoms with E-state index in [1.807, 2.05) is 12.1 Å². The first-order valence-electron chi connectivity index (χ1n) is 8.78. The van der Waals surface area contributed by atoms with Crippen LogP contribution in [0.15, 0.2) is 36.5 Å². The Balaban J connectivity index is 1.74. The van der Waals surface area contributed by atoms with E-state index in [-0.39, 0.29) is 19.0 Å². The van der Waals surface area contributed by atoms with Crippen LogP contribution in [0.3, 0.4) is 0 Å². The lowest BCUT2D eigenvalue weighted by Gasteiger charge is -2.36. The van der Waals surface area contributed by atoms with Crippen molar-refractivity contribution in [3.05, 3.63) is 47.8 Å². The Kier molecular flexibility index (Phi) is 5.17. The number of carbonyl (C=O) groups excluding carboxylic acids is 1. The molecule has 1 fully saturated rings. The number of nitriles is 1. The normalized spacial score (nSPS) is 17.8. The summed E-state index contributed by atoms with van der Waals surface area (Å²) in [6.07, 6.45) is -2.50. The van der Waals surface area contributed by atoms with Crippen LogP contribution in [0.4, 0.5) is 13.2 Å². The first-order valence-corrected chi connectivity index (χ1v) is 8.78. The largest absolute Gasteiger partial charge is 0.426 e. The predicted molar refractivity (Wildman–Crippen MR) is 93.5 cm³/mol. The van der Waals surface area contributed by atoms with Gasteiger partial charge in [0.05, 0.1) is 17.3 Å². The van der Waals surface area contributed by atoms with Crippen molar-refractivity contribution in [3.8, 4) is 11.8 Å². The second-order valence-corrected chi connectivity index (χ2v) is 6.97. The van der Waals surface area contributed by atoms with Crippen LogP contribution in [-0.4, -0.2) is 50.6 Å². The van der Waals surface area contributed by atoms with Gasteiger partial charge in [0.2, 0.25) is 5.60 Å². The Bertz CT molecular complexity index is 906. The lowest BCUT2D eigenvalue weighted by Crippen LogP contribution is -2.57. The summed E-state index contributed by atoms with van der Waals surface area (Å²) in [5.41, 5.74) is -1.31. The van der Waals surface area contributed by atoms with E-state index in [0.717, 1.165) is 16.3 Å². The third kappa shape index (κ3) is 3.60. The van der Waals surface area contributed by atoms with Crippen LogP contribution in [0, 0.1) is 11.3 Å². The van der Waals surface area contributed by atoms with Crippen molar-refractivity contribution >= 4 is 5.91 Å². The Hall–Kier alpha value is -2.86. The number of aliphatic hydroxyl groups is 1. The highest BCUT2D eigenvalue weighted by Crippen LogP contribution is 2.34. The molecule has 28 heavy (non-hydrogen) atoms. The minimum atomic E-state index is -5.02. The van der Waals surface area contributed by atoms with E-state index in [2.05, 4.69) is 11.2 Å². The van der Waals surface area contributed by atoms with Crippen LogP contribution in [-0.2, 0) is 4.79 Å². The zero-order valence-electron chi connectivity index (χ0n) is 15.1. The summed E-state index contributed by atoms with van der Waals surface area (Å²) in [6.45, 7) is 0.705. The zero-order valence-corrected chi connectivity index (χ0v) is 15.1. The van der Waals surface area contributed by atoms with Crippen molar-refractivity contribution in [2.75, 3.05) is 13.1 Å². The third-order valence-electron chi connectivity index (χ3n) is 5.06. The van der Waals surface area contributed by atoms with Gasteiger partial charge in [0.1, 0.15) is 0 Å². The first kappa shape index (κ1) is 19.9. The van der Waals surface area contributed by atoms with Gasteiger partial charge in [-0.3, -0.25) is 4.79 Å². The maximum Gasteiger partial charge on any atom is 0.426 e. The monoisotopic (exact) mass is 392 g/mol. The maximum atomic E-state index is 12.9. The van der Waals surface area contributed by atoms with E-state index in [9.17, 15) is 23.1 Å². The molecule has 2 heterocycles. The van der Waals surface area contributed by atoms with Crippen molar-refractivity contribution in [3.63, 3.8) is 0 Å². The second-order valence-electron chi connectivity index (χ2n) is 6.97. The Labute approximate surface area is 159 Å². The van der Waals surface area contributed by atoms with E-state index in [1.165, 1.54) is 0 Å². The van der Waals surface area contributed by atoms with E-state index in [1.54, 1.807) is 29.1 Å². The Morgan fingerprint density at radius 3 is 2.57 bits per heavy atom. The molecule has 6 nitrogen and oxygen atoms in total. The summed E-state index contributed by atoms with van der Waals surface area (Å²) in [4.78, 5) is 13.2. The Morgan fingerprint density at radius 1 is 1.29 bits per heavy atom. The van der Waals surface area contributed by atoms with Gasteiger partial charge in [0.25, 0.3) is 5.91 Å². The average molecular weight is 392 g/mol. The molecule has 9 heteroatoms. The van der Waals surface area contributed by atoms with E-state index in [4.69, 9.17) is 5.26 Å².